The molecule has 94 valence electrons. The van der Waals surface area contributed by atoms with Crippen LogP contribution in [0.5, 0.6) is 5.75 Å². The summed E-state index contributed by atoms with van der Waals surface area (Å²) < 4.78 is 5.80. The molecule has 17 heavy (non-hydrogen) atoms. The van der Waals surface area contributed by atoms with Crippen molar-refractivity contribution < 1.29 is 9.84 Å². The fourth-order valence-electron chi connectivity index (χ4n) is 2.48. The second-order valence-electron chi connectivity index (χ2n) is 5.12. The van der Waals surface area contributed by atoms with Crippen LogP contribution in [0, 0.1) is 5.92 Å². The van der Waals surface area contributed by atoms with E-state index < -0.39 is 0 Å². The molecule has 0 aromatic heterocycles. The lowest BCUT2D eigenvalue weighted by atomic mass is 10.1. The molecular weight excluding hydrogens is 212 g/mol. The van der Waals surface area contributed by atoms with Crippen molar-refractivity contribution in [1.29, 1.82) is 0 Å². The maximum Gasteiger partial charge on any atom is 0.119 e. The fraction of sp³-hybridized carbons (Fsp3) is 0.600. The van der Waals surface area contributed by atoms with Gasteiger partial charge in [-0.05, 0) is 48.4 Å². The van der Waals surface area contributed by atoms with Crippen molar-refractivity contribution in [1.82, 2.24) is 0 Å². The summed E-state index contributed by atoms with van der Waals surface area (Å²) in [6.07, 6.45) is 3.98. The zero-order valence-corrected chi connectivity index (χ0v) is 10.8. The predicted octanol–water partition coefficient (Wildman–Crippen LogP) is 3.48. The average Bonchev–Trinajstić information content (AvgIpc) is 2.69. The third-order valence-corrected chi connectivity index (χ3v) is 3.48. The second-order valence-corrected chi connectivity index (χ2v) is 5.12. The summed E-state index contributed by atoms with van der Waals surface area (Å²) in [5.74, 6) is 1.56. The minimum atomic E-state index is -0.266. The third-order valence-electron chi connectivity index (χ3n) is 3.48. The highest BCUT2D eigenvalue weighted by atomic mass is 16.5. The third kappa shape index (κ3) is 3.01. The van der Waals surface area contributed by atoms with Crippen LogP contribution in [0.15, 0.2) is 18.2 Å². The van der Waals surface area contributed by atoms with Crippen LogP contribution < -0.4 is 4.74 Å². The second kappa shape index (κ2) is 5.54. The van der Waals surface area contributed by atoms with Crippen molar-refractivity contribution in [3.63, 3.8) is 0 Å². The van der Waals surface area contributed by atoms with Gasteiger partial charge in [-0.3, -0.25) is 0 Å². The first-order valence-electron chi connectivity index (χ1n) is 6.64. The maximum atomic E-state index is 9.72. The molecule has 0 aliphatic heterocycles. The van der Waals surface area contributed by atoms with Crippen molar-refractivity contribution in [3.05, 3.63) is 29.3 Å². The van der Waals surface area contributed by atoms with Crippen LogP contribution in [0.1, 0.15) is 50.3 Å². The van der Waals surface area contributed by atoms with E-state index in [0.717, 1.165) is 30.8 Å². The fourth-order valence-corrected chi connectivity index (χ4v) is 2.48. The highest BCUT2D eigenvalue weighted by molar-refractivity contribution is 5.39. The van der Waals surface area contributed by atoms with Gasteiger partial charge in [-0.1, -0.05) is 26.3 Å². The molecule has 0 saturated heterocycles. The van der Waals surface area contributed by atoms with Crippen LogP contribution in [0.25, 0.3) is 0 Å². The molecule has 0 heterocycles. The van der Waals surface area contributed by atoms with E-state index >= 15 is 0 Å². The molecule has 1 aliphatic carbocycles. The minimum Gasteiger partial charge on any atom is -0.493 e. The molecule has 0 saturated carbocycles. The van der Waals surface area contributed by atoms with Gasteiger partial charge in [0.15, 0.2) is 0 Å². The van der Waals surface area contributed by atoms with Gasteiger partial charge in [0.1, 0.15) is 5.75 Å². The smallest absolute Gasteiger partial charge is 0.119 e. The summed E-state index contributed by atoms with van der Waals surface area (Å²) in [6.45, 7) is 5.21. The Morgan fingerprint density at radius 3 is 3.06 bits per heavy atom. The molecule has 2 unspecified atom stereocenters. The Bertz CT molecular complexity index is 373. The molecule has 1 aromatic carbocycles. The number of aliphatic hydroxyl groups excluding tert-OH is 1. The molecule has 1 N–H and O–H groups in total. The van der Waals surface area contributed by atoms with E-state index in [1.165, 1.54) is 18.4 Å². The molecule has 2 rings (SSSR count). The molecular formula is C15H22O2. The molecule has 1 aliphatic rings. The van der Waals surface area contributed by atoms with E-state index in [0.29, 0.717) is 5.92 Å². The number of fused-ring (bicyclic) bond motifs is 1. The highest BCUT2D eigenvalue weighted by Gasteiger charge is 2.20. The zero-order valence-electron chi connectivity index (χ0n) is 10.8. The summed E-state index contributed by atoms with van der Waals surface area (Å²) >= 11 is 0. The zero-order chi connectivity index (χ0) is 12.3. The van der Waals surface area contributed by atoms with Crippen LogP contribution in [-0.4, -0.2) is 11.7 Å². The molecule has 2 atom stereocenters. The summed E-state index contributed by atoms with van der Waals surface area (Å²) in [4.78, 5) is 0. The Labute approximate surface area is 104 Å². The van der Waals surface area contributed by atoms with Gasteiger partial charge in [0.2, 0.25) is 0 Å². The SMILES string of the molecule is CCCC(C)COc1ccc2c(c1)CCC2O. The Balaban J connectivity index is 1.94. The van der Waals surface area contributed by atoms with Gasteiger partial charge in [0.25, 0.3) is 0 Å². The summed E-state index contributed by atoms with van der Waals surface area (Å²) in [5, 5.41) is 9.72. The standard InChI is InChI=1S/C15H22O2/c1-3-4-11(2)10-17-13-6-7-14-12(9-13)5-8-15(14)16/h6-7,9,11,15-16H,3-5,8,10H2,1-2H3. The number of rotatable bonds is 5. The number of hydrogen-bond donors (Lipinski definition) is 1. The Morgan fingerprint density at radius 1 is 1.47 bits per heavy atom. The number of hydrogen-bond acceptors (Lipinski definition) is 2. The molecule has 1 aromatic rings. The van der Waals surface area contributed by atoms with Gasteiger partial charge < -0.3 is 9.84 Å². The van der Waals surface area contributed by atoms with Crippen LogP contribution >= 0.6 is 0 Å². The van der Waals surface area contributed by atoms with Gasteiger partial charge >= 0.3 is 0 Å². The molecule has 2 heteroatoms. The number of aliphatic hydroxyl groups is 1. The number of aryl methyl sites for hydroxylation is 1. The Kier molecular flexibility index (Phi) is 4.06. The van der Waals surface area contributed by atoms with E-state index in [1.54, 1.807) is 0 Å². The van der Waals surface area contributed by atoms with Gasteiger partial charge in [-0.25, -0.2) is 0 Å². The normalized spacial score (nSPS) is 20.1. The van der Waals surface area contributed by atoms with E-state index in [2.05, 4.69) is 19.9 Å². The molecule has 0 spiro atoms. The molecule has 0 bridgehead atoms. The van der Waals surface area contributed by atoms with Crippen LogP contribution in [0.2, 0.25) is 0 Å². The van der Waals surface area contributed by atoms with Gasteiger partial charge in [0.05, 0.1) is 12.7 Å². The Morgan fingerprint density at radius 2 is 2.29 bits per heavy atom. The molecule has 2 nitrogen and oxygen atoms in total. The minimum absolute atomic E-state index is 0.266. The lowest BCUT2D eigenvalue weighted by Crippen LogP contribution is -2.08. The van der Waals surface area contributed by atoms with E-state index in [4.69, 9.17) is 4.74 Å². The monoisotopic (exact) mass is 234 g/mol. The van der Waals surface area contributed by atoms with Crippen molar-refractivity contribution in [2.45, 2.75) is 45.6 Å². The van der Waals surface area contributed by atoms with E-state index in [-0.39, 0.29) is 6.10 Å². The largest absolute Gasteiger partial charge is 0.493 e. The van der Waals surface area contributed by atoms with Crippen molar-refractivity contribution >= 4 is 0 Å². The van der Waals surface area contributed by atoms with Gasteiger partial charge in [-0.2, -0.15) is 0 Å². The summed E-state index contributed by atoms with van der Waals surface area (Å²) in [6, 6.07) is 6.07. The molecule has 0 radical (unpaired) electrons. The van der Waals surface area contributed by atoms with Crippen molar-refractivity contribution in [2.75, 3.05) is 6.61 Å². The number of ether oxygens (including phenoxy) is 1. The van der Waals surface area contributed by atoms with Gasteiger partial charge in [-0.15, -0.1) is 0 Å². The average molecular weight is 234 g/mol. The van der Waals surface area contributed by atoms with E-state index in [9.17, 15) is 5.11 Å². The molecule has 0 fully saturated rings. The summed E-state index contributed by atoms with van der Waals surface area (Å²) in [7, 11) is 0. The van der Waals surface area contributed by atoms with Crippen LogP contribution in [0.4, 0.5) is 0 Å². The quantitative estimate of drug-likeness (QED) is 0.845. The number of benzene rings is 1. The lowest BCUT2D eigenvalue weighted by Gasteiger charge is -2.13. The van der Waals surface area contributed by atoms with Crippen LogP contribution in [0.3, 0.4) is 0 Å². The first-order chi connectivity index (χ1) is 8.20. The van der Waals surface area contributed by atoms with Crippen molar-refractivity contribution in [3.8, 4) is 5.75 Å². The van der Waals surface area contributed by atoms with Crippen LogP contribution in [-0.2, 0) is 6.42 Å². The predicted molar refractivity (Wildman–Crippen MR) is 69.3 cm³/mol. The maximum absolute atomic E-state index is 9.72. The first kappa shape index (κ1) is 12.4. The first-order valence-corrected chi connectivity index (χ1v) is 6.64. The lowest BCUT2D eigenvalue weighted by molar-refractivity contribution is 0.180. The van der Waals surface area contributed by atoms with E-state index in [1.807, 2.05) is 12.1 Å². The topological polar surface area (TPSA) is 29.5 Å². The van der Waals surface area contributed by atoms with Crippen molar-refractivity contribution in [2.24, 2.45) is 5.92 Å². The molecule has 0 amide bonds. The highest BCUT2D eigenvalue weighted by Crippen LogP contribution is 2.33. The Hall–Kier alpha value is -1.02. The summed E-state index contributed by atoms with van der Waals surface area (Å²) in [5.41, 5.74) is 2.33. The van der Waals surface area contributed by atoms with Gasteiger partial charge in [0, 0.05) is 0 Å².